The molecule has 9 aromatic carbocycles. The van der Waals surface area contributed by atoms with Crippen molar-refractivity contribution >= 4 is 55.3 Å². The van der Waals surface area contributed by atoms with Crippen LogP contribution in [0.2, 0.25) is 0 Å². The smallest absolute Gasteiger partial charge is 0.159 e. The lowest BCUT2D eigenvalue weighted by Gasteiger charge is -2.36. The van der Waals surface area contributed by atoms with Gasteiger partial charge in [-0.05, 0) is 121 Å². The zero-order chi connectivity index (χ0) is 44.2. The molecule has 67 heavy (non-hydrogen) atoms. The Morgan fingerprint density at radius 3 is 1.72 bits per heavy atom. The number of hydrogen-bond acceptors (Lipinski definition) is 3. The van der Waals surface area contributed by atoms with E-state index in [9.17, 15) is 0 Å². The van der Waals surface area contributed by atoms with Crippen molar-refractivity contribution in [2.24, 2.45) is 0 Å². The first-order chi connectivity index (χ1) is 33.0. The first-order valence-corrected chi connectivity index (χ1v) is 23.6. The van der Waals surface area contributed by atoms with Crippen molar-refractivity contribution in [3.05, 3.63) is 240 Å². The zero-order valence-electron chi connectivity index (χ0n) is 37.2. The van der Waals surface area contributed by atoms with E-state index in [1.165, 1.54) is 72.3 Å². The lowest BCUT2D eigenvalue weighted by atomic mass is 9.70. The SMILES string of the molecule is CC1(C)c2ccccc2-c2ccc(-c3ccc4c(oc5ccc6oc7ccccc7c6c54)c3N(c3ccc4c(c3)C3(c5ccccc5-c5ccccc53)c3ccccc3-4)C3C=CC=CC3)cc21. The molecule has 3 heteroatoms. The number of hydrogen-bond donors (Lipinski definition) is 0. The second kappa shape index (κ2) is 13.2. The van der Waals surface area contributed by atoms with Gasteiger partial charge in [-0.15, -0.1) is 0 Å². The maximum atomic E-state index is 7.35. The van der Waals surface area contributed by atoms with E-state index >= 15 is 0 Å². The van der Waals surface area contributed by atoms with Gasteiger partial charge in [0.25, 0.3) is 0 Å². The lowest BCUT2D eigenvalue weighted by Crippen LogP contribution is -2.31. The van der Waals surface area contributed by atoms with Gasteiger partial charge in [-0.3, -0.25) is 0 Å². The number of allylic oxidation sites excluding steroid dienone is 2. The van der Waals surface area contributed by atoms with Crippen molar-refractivity contribution < 1.29 is 8.83 Å². The average Bonchev–Trinajstić information content (AvgIpc) is 4.16. The van der Waals surface area contributed by atoms with E-state index in [1.807, 2.05) is 6.07 Å². The van der Waals surface area contributed by atoms with Gasteiger partial charge in [0.1, 0.15) is 16.7 Å². The number of rotatable bonds is 4. The van der Waals surface area contributed by atoms with Crippen molar-refractivity contribution in [2.75, 3.05) is 4.90 Å². The summed E-state index contributed by atoms with van der Waals surface area (Å²) in [6.45, 7) is 4.74. The number of fused-ring (bicyclic) bond motifs is 20. The van der Waals surface area contributed by atoms with Crippen LogP contribution in [0, 0.1) is 0 Å². The van der Waals surface area contributed by atoms with Gasteiger partial charge in [0, 0.05) is 38.2 Å². The van der Waals surface area contributed by atoms with Crippen LogP contribution in [0.1, 0.15) is 53.6 Å². The maximum absolute atomic E-state index is 7.35. The number of para-hydroxylation sites is 1. The van der Waals surface area contributed by atoms with Gasteiger partial charge >= 0.3 is 0 Å². The van der Waals surface area contributed by atoms with Crippen molar-refractivity contribution in [2.45, 2.75) is 37.1 Å². The predicted molar refractivity (Wildman–Crippen MR) is 276 cm³/mol. The quantitative estimate of drug-likeness (QED) is 0.177. The third-order valence-corrected chi connectivity index (χ3v) is 15.8. The fourth-order valence-electron chi connectivity index (χ4n) is 13.0. The lowest BCUT2D eigenvalue weighted by molar-refractivity contribution is 0.660. The number of furan rings is 2. The van der Waals surface area contributed by atoms with Gasteiger partial charge in [0.2, 0.25) is 0 Å². The molecule has 0 radical (unpaired) electrons. The highest BCUT2D eigenvalue weighted by atomic mass is 16.3. The van der Waals surface area contributed by atoms with Crippen LogP contribution in [0.3, 0.4) is 0 Å². The van der Waals surface area contributed by atoms with Crippen molar-refractivity contribution in [3.8, 4) is 44.5 Å². The second-order valence-corrected chi connectivity index (χ2v) is 19.4. The Bertz CT molecular complexity index is 3960. The van der Waals surface area contributed by atoms with E-state index in [4.69, 9.17) is 8.83 Å². The van der Waals surface area contributed by atoms with Crippen LogP contribution < -0.4 is 4.90 Å². The van der Waals surface area contributed by atoms with E-state index in [2.05, 4.69) is 219 Å². The van der Waals surface area contributed by atoms with Crippen LogP contribution in [0.5, 0.6) is 0 Å². The van der Waals surface area contributed by atoms with Crippen LogP contribution >= 0.6 is 0 Å². The molecule has 0 bridgehead atoms. The minimum absolute atomic E-state index is 0.00612. The summed E-state index contributed by atoms with van der Waals surface area (Å²) in [6.07, 6.45) is 9.90. The van der Waals surface area contributed by atoms with E-state index in [0.29, 0.717) is 0 Å². The zero-order valence-corrected chi connectivity index (χ0v) is 37.2. The summed E-state index contributed by atoms with van der Waals surface area (Å²) >= 11 is 0. The van der Waals surface area contributed by atoms with Crippen LogP contribution in [0.4, 0.5) is 11.4 Å². The highest BCUT2D eigenvalue weighted by Crippen LogP contribution is 2.63. The summed E-state index contributed by atoms with van der Waals surface area (Å²) in [5.41, 5.74) is 23.1. The van der Waals surface area contributed by atoms with Gasteiger partial charge in [0.05, 0.1) is 17.1 Å². The Balaban J connectivity index is 1.04. The molecule has 0 fully saturated rings. The Hall–Kier alpha value is -8.14. The van der Waals surface area contributed by atoms with Crippen molar-refractivity contribution in [1.29, 1.82) is 0 Å². The fraction of sp³-hybridized carbons (Fsp3) is 0.0938. The summed E-state index contributed by atoms with van der Waals surface area (Å²) in [5, 5.41) is 4.33. The maximum Gasteiger partial charge on any atom is 0.159 e. The molecule has 1 unspecified atom stereocenters. The second-order valence-electron chi connectivity index (χ2n) is 19.4. The van der Waals surface area contributed by atoms with Gasteiger partial charge in [-0.2, -0.15) is 0 Å². The minimum atomic E-state index is -0.480. The molecule has 0 amide bonds. The molecule has 4 aliphatic carbocycles. The van der Waals surface area contributed by atoms with E-state index < -0.39 is 5.41 Å². The van der Waals surface area contributed by atoms with E-state index in [1.54, 1.807) is 0 Å². The molecule has 2 heterocycles. The average molecular weight is 858 g/mol. The van der Waals surface area contributed by atoms with Gasteiger partial charge in [0.15, 0.2) is 5.58 Å². The molecule has 0 N–H and O–H groups in total. The van der Waals surface area contributed by atoms with E-state index in [-0.39, 0.29) is 11.5 Å². The predicted octanol–water partition coefficient (Wildman–Crippen LogP) is 16.8. The Morgan fingerprint density at radius 2 is 1.01 bits per heavy atom. The molecule has 15 rings (SSSR count). The number of anilines is 2. The molecular weight excluding hydrogens is 815 g/mol. The largest absolute Gasteiger partial charge is 0.456 e. The van der Waals surface area contributed by atoms with Gasteiger partial charge < -0.3 is 13.7 Å². The molecule has 1 spiro atoms. The monoisotopic (exact) mass is 857 g/mol. The standard InChI is InChI=1S/C64H43NO2/c1-63(2)50-23-11-6-18-42(50)46-30-28-38(36-54(46)63)41-32-33-49-60-58(35-34-57-59(60)48-22-10-15-27-56(48)66-57)67-62(49)61(41)65(39-16-4-3-5-17-39)40-29-31-47-45-21-9-14-26-53(45)64(55(47)37-40)51-24-12-7-19-43(51)44-20-8-13-25-52(44)64/h3-16,18-37,39H,17H2,1-2H3. The van der Waals surface area contributed by atoms with Crippen molar-refractivity contribution in [1.82, 2.24) is 0 Å². The summed E-state index contributed by atoms with van der Waals surface area (Å²) in [6, 6.07) is 67.8. The molecule has 0 aliphatic heterocycles. The topological polar surface area (TPSA) is 29.5 Å². The normalized spacial score (nSPS) is 16.4. The molecular formula is C64H43NO2. The summed E-state index contributed by atoms with van der Waals surface area (Å²) in [4.78, 5) is 2.60. The Kier molecular flexibility index (Phi) is 7.34. The molecule has 316 valence electrons. The molecule has 3 nitrogen and oxygen atoms in total. The van der Waals surface area contributed by atoms with E-state index in [0.717, 1.165) is 67.2 Å². The Morgan fingerprint density at radius 1 is 0.448 bits per heavy atom. The first kappa shape index (κ1) is 37.1. The summed E-state index contributed by atoms with van der Waals surface area (Å²) in [7, 11) is 0. The summed E-state index contributed by atoms with van der Waals surface area (Å²) in [5.74, 6) is 0. The third-order valence-electron chi connectivity index (χ3n) is 15.8. The van der Waals surface area contributed by atoms with Crippen molar-refractivity contribution in [3.63, 3.8) is 0 Å². The van der Waals surface area contributed by atoms with Crippen LogP contribution in [0.25, 0.3) is 88.4 Å². The molecule has 2 aromatic heterocycles. The van der Waals surface area contributed by atoms with Gasteiger partial charge in [-0.1, -0.05) is 178 Å². The fourth-order valence-corrected chi connectivity index (χ4v) is 13.0. The molecule has 0 saturated carbocycles. The molecule has 11 aromatic rings. The highest BCUT2D eigenvalue weighted by molar-refractivity contribution is 6.27. The van der Waals surface area contributed by atoms with Gasteiger partial charge in [-0.25, -0.2) is 0 Å². The number of nitrogens with zero attached hydrogens (tertiary/aromatic N) is 1. The molecule has 4 aliphatic rings. The minimum Gasteiger partial charge on any atom is -0.456 e. The van der Waals surface area contributed by atoms with Crippen LogP contribution in [0.15, 0.2) is 215 Å². The number of benzene rings is 9. The van der Waals surface area contributed by atoms with Crippen LogP contribution in [-0.4, -0.2) is 6.04 Å². The Labute approximate surface area is 388 Å². The first-order valence-electron chi connectivity index (χ1n) is 23.6. The third kappa shape index (κ3) is 4.75. The highest BCUT2D eigenvalue weighted by Gasteiger charge is 2.52. The molecule has 0 saturated heterocycles. The summed E-state index contributed by atoms with van der Waals surface area (Å²) < 4.78 is 13.9. The van der Waals surface area contributed by atoms with Crippen LogP contribution in [-0.2, 0) is 10.8 Å². The molecule has 1 atom stereocenters.